The summed E-state index contributed by atoms with van der Waals surface area (Å²) >= 11 is 0. The summed E-state index contributed by atoms with van der Waals surface area (Å²) in [5, 5.41) is 29.2. The molecule has 0 bridgehead atoms. The maximum atomic E-state index is 11.6. The molecule has 0 amide bonds. The Morgan fingerprint density at radius 1 is 1.04 bits per heavy atom. The maximum absolute atomic E-state index is 11.6. The van der Waals surface area contributed by atoms with Gasteiger partial charge in [0.25, 0.3) is 0 Å². The summed E-state index contributed by atoms with van der Waals surface area (Å²) in [7, 11) is 0. The molecule has 0 saturated carbocycles. The van der Waals surface area contributed by atoms with E-state index >= 15 is 0 Å². The van der Waals surface area contributed by atoms with Crippen LogP contribution in [0, 0.1) is 0 Å². The van der Waals surface area contributed by atoms with Crippen molar-refractivity contribution in [2.75, 3.05) is 32.8 Å². The summed E-state index contributed by atoms with van der Waals surface area (Å²) in [6.07, 6.45) is 6.74. The summed E-state index contributed by atoms with van der Waals surface area (Å²) in [6, 6.07) is 0. The SMILES string of the molecule is CCCCCCCC([O-])=NCCN(CCCO)CCC(=O)O.[Na+]. The molecule has 2 N–H and O–H groups in total. The van der Waals surface area contributed by atoms with E-state index in [9.17, 15) is 9.90 Å². The maximum Gasteiger partial charge on any atom is 1.00 e. The number of carbonyl (C=O) groups is 1. The van der Waals surface area contributed by atoms with E-state index in [4.69, 9.17) is 10.2 Å². The molecule has 0 heterocycles. The number of aliphatic imine (C=N–C) groups is 1. The molecule has 0 rings (SSSR count). The number of rotatable bonds is 15. The zero-order valence-corrected chi connectivity index (χ0v) is 16.8. The van der Waals surface area contributed by atoms with E-state index in [0.717, 1.165) is 12.8 Å². The second kappa shape index (κ2) is 18.2. The van der Waals surface area contributed by atoms with Crippen LogP contribution in [-0.2, 0) is 4.79 Å². The molecule has 0 aromatic rings. The van der Waals surface area contributed by atoms with Gasteiger partial charge in [0, 0.05) is 26.2 Å². The summed E-state index contributed by atoms with van der Waals surface area (Å²) in [5.41, 5.74) is 0. The number of aliphatic carboxylic acids is 1. The van der Waals surface area contributed by atoms with Gasteiger partial charge in [0.1, 0.15) is 0 Å². The molecule has 0 aromatic heterocycles. The number of hydrogen-bond donors (Lipinski definition) is 2. The van der Waals surface area contributed by atoms with Crippen LogP contribution in [0.5, 0.6) is 0 Å². The number of carboxylic acid groups (broad SMARTS) is 1. The van der Waals surface area contributed by atoms with Crippen LogP contribution in [0.2, 0.25) is 0 Å². The van der Waals surface area contributed by atoms with Gasteiger partial charge in [-0.1, -0.05) is 32.6 Å². The molecule has 0 unspecified atom stereocenters. The van der Waals surface area contributed by atoms with Gasteiger partial charge in [0.05, 0.1) is 13.0 Å². The van der Waals surface area contributed by atoms with Gasteiger partial charge >= 0.3 is 35.5 Å². The third-order valence-corrected chi connectivity index (χ3v) is 3.47. The molecule has 0 aliphatic heterocycles. The zero-order chi connectivity index (χ0) is 16.6. The smallest absolute Gasteiger partial charge is 0.862 e. The van der Waals surface area contributed by atoms with Crippen molar-refractivity contribution in [1.82, 2.24) is 4.90 Å². The van der Waals surface area contributed by atoms with Crippen molar-refractivity contribution in [1.29, 1.82) is 0 Å². The van der Waals surface area contributed by atoms with Crippen molar-refractivity contribution in [3.05, 3.63) is 0 Å². The van der Waals surface area contributed by atoms with Gasteiger partial charge in [0.15, 0.2) is 0 Å². The minimum atomic E-state index is -0.839. The molecule has 0 aromatic carbocycles. The summed E-state index contributed by atoms with van der Waals surface area (Å²) < 4.78 is 0. The number of aliphatic hydroxyl groups excluding tert-OH is 1. The Labute approximate surface area is 162 Å². The van der Waals surface area contributed by atoms with Crippen LogP contribution in [0.15, 0.2) is 4.99 Å². The summed E-state index contributed by atoms with van der Waals surface area (Å²) in [6.45, 7) is 4.26. The summed E-state index contributed by atoms with van der Waals surface area (Å²) in [5.74, 6) is -0.897. The Morgan fingerprint density at radius 2 is 1.74 bits per heavy atom. The standard InChI is InChI=1S/C16H32N2O4.Na/c1-2-3-4-5-6-8-15(20)17-10-13-18(11-7-14-19)12-9-16(21)22;/h19H,2-14H2,1H3,(H,17,20)(H,21,22);/q;+1/p-1. The van der Waals surface area contributed by atoms with Crippen molar-refractivity contribution in [3.63, 3.8) is 0 Å². The minimum Gasteiger partial charge on any atom is -0.862 e. The average molecular weight is 338 g/mol. The normalized spacial score (nSPS) is 11.5. The number of nitrogens with zero attached hydrogens (tertiary/aromatic N) is 2. The molecular weight excluding hydrogens is 307 g/mol. The Balaban J connectivity index is 0. The van der Waals surface area contributed by atoms with Gasteiger partial charge in [0.2, 0.25) is 0 Å². The molecule has 0 saturated heterocycles. The fourth-order valence-corrected chi connectivity index (χ4v) is 2.16. The Hall–Kier alpha value is -0.140. The molecule has 0 atom stereocenters. The number of unbranched alkanes of at least 4 members (excludes halogenated alkanes) is 4. The van der Waals surface area contributed by atoms with Crippen molar-refractivity contribution < 1.29 is 49.7 Å². The van der Waals surface area contributed by atoms with E-state index in [0.29, 0.717) is 39.0 Å². The van der Waals surface area contributed by atoms with Gasteiger partial charge in [-0.15, -0.1) is 0 Å². The predicted octanol–water partition coefficient (Wildman–Crippen LogP) is -1.73. The van der Waals surface area contributed by atoms with Crippen LogP contribution in [-0.4, -0.2) is 59.8 Å². The fourth-order valence-electron chi connectivity index (χ4n) is 2.16. The van der Waals surface area contributed by atoms with Gasteiger partial charge in [-0.2, -0.15) is 0 Å². The van der Waals surface area contributed by atoms with Crippen LogP contribution in [0.25, 0.3) is 0 Å². The van der Waals surface area contributed by atoms with Gasteiger partial charge in [-0.25, -0.2) is 0 Å². The summed E-state index contributed by atoms with van der Waals surface area (Å²) in [4.78, 5) is 16.6. The van der Waals surface area contributed by atoms with E-state index in [1.54, 1.807) is 0 Å². The molecule has 23 heavy (non-hydrogen) atoms. The van der Waals surface area contributed by atoms with Gasteiger partial charge in [-0.3, -0.25) is 4.79 Å². The fraction of sp³-hybridized carbons (Fsp3) is 0.875. The van der Waals surface area contributed by atoms with Gasteiger partial charge < -0.3 is 25.2 Å². The molecular formula is C16H31N2NaO4. The first-order valence-corrected chi connectivity index (χ1v) is 8.35. The second-order valence-corrected chi connectivity index (χ2v) is 5.50. The van der Waals surface area contributed by atoms with E-state index in [-0.39, 0.29) is 48.5 Å². The third kappa shape index (κ3) is 18.0. The molecule has 0 radical (unpaired) electrons. The Bertz CT molecular complexity index is 314. The van der Waals surface area contributed by atoms with Crippen LogP contribution in [0.3, 0.4) is 0 Å². The molecule has 0 aliphatic carbocycles. The molecule has 6 nitrogen and oxygen atoms in total. The van der Waals surface area contributed by atoms with Crippen LogP contribution >= 0.6 is 0 Å². The monoisotopic (exact) mass is 338 g/mol. The van der Waals surface area contributed by atoms with Crippen LogP contribution in [0.4, 0.5) is 0 Å². The molecule has 0 fully saturated rings. The first-order valence-electron chi connectivity index (χ1n) is 8.35. The first kappa shape index (κ1) is 25.1. The van der Waals surface area contributed by atoms with Crippen LogP contribution in [0.1, 0.15) is 58.3 Å². The van der Waals surface area contributed by atoms with E-state index < -0.39 is 5.97 Å². The van der Waals surface area contributed by atoms with Crippen LogP contribution < -0.4 is 34.7 Å². The number of aliphatic hydroxyl groups is 1. The average Bonchev–Trinajstić information content (AvgIpc) is 2.49. The molecule has 130 valence electrons. The third-order valence-electron chi connectivity index (χ3n) is 3.47. The number of hydrogen-bond acceptors (Lipinski definition) is 5. The zero-order valence-electron chi connectivity index (χ0n) is 14.8. The first-order chi connectivity index (χ1) is 10.6. The van der Waals surface area contributed by atoms with Crippen molar-refractivity contribution in [2.45, 2.75) is 58.3 Å². The number of carboxylic acids is 1. The second-order valence-electron chi connectivity index (χ2n) is 5.50. The topological polar surface area (TPSA) is 96.2 Å². The largest absolute Gasteiger partial charge is 1.00 e. The van der Waals surface area contributed by atoms with Crippen molar-refractivity contribution in [3.8, 4) is 0 Å². The van der Waals surface area contributed by atoms with E-state index in [1.165, 1.54) is 19.3 Å². The predicted molar refractivity (Wildman–Crippen MR) is 86.1 cm³/mol. The van der Waals surface area contributed by atoms with Crippen molar-refractivity contribution >= 4 is 11.9 Å². The molecule has 0 spiro atoms. The quantitative estimate of drug-likeness (QED) is 0.160. The van der Waals surface area contributed by atoms with E-state index in [1.807, 2.05) is 4.90 Å². The Morgan fingerprint density at radius 3 is 2.35 bits per heavy atom. The minimum absolute atomic E-state index is 0. The molecule has 0 aliphatic rings. The van der Waals surface area contributed by atoms with Gasteiger partial charge in [-0.05, 0) is 25.2 Å². The van der Waals surface area contributed by atoms with E-state index in [2.05, 4.69) is 11.9 Å². The van der Waals surface area contributed by atoms with Crippen molar-refractivity contribution in [2.24, 2.45) is 4.99 Å². The Kier molecular flexibility index (Phi) is 19.9. The molecule has 7 heteroatoms.